The largest absolute Gasteiger partial charge is 0.367 e. The van der Waals surface area contributed by atoms with Gasteiger partial charge in [0, 0.05) is 46.3 Å². The lowest BCUT2D eigenvalue weighted by Gasteiger charge is -2.32. The van der Waals surface area contributed by atoms with E-state index in [0.717, 1.165) is 30.1 Å². The van der Waals surface area contributed by atoms with Gasteiger partial charge in [-0.05, 0) is 60.3 Å². The second-order valence-electron chi connectivity index (χ2n) is 6.81. The molecule has 118 valence electrons. The Labute approximate surface area is 146 Å². The fourth-order valence-corrected chi connectivity index (χ4v) is 5.16. The molecule has 2 atom stereocenters. The number of hydrogen-bond acceptors (Lipinski definition) is 2. The van der Waals surface area contributed by atoms with Gasteiger partial charge in [0.25, 0.3) is 0 Å². The van der Waals surface area contributed by atoms with Gasteiger partial charge in [-0.3, -0.25) is 0 Å². The summed E-state index contributed by atoms with van der Waals surface area (Å²) < 4.78 is 0. The summed E-state index contributed by atoms with van der Waals surface area (Å²) in [7, 11) is 0. The lowest BCUT2D eigenvalue weighted by Crippen LogP contribution is -2.43. The molecule has 3 aliphatic heterocycles. The first kappa shape index (κ1) is 14.2. The third-order valence-electron chi connectivity index (χ3n) is 5.62. The van der Waals surface area contributed by atoms with Gasteiger partial charge in [0.2, 0.25) is 0 Å². The van der Waals surface area contributed by atoms with Crippen molar-refractivity contribution in [2.45, 2.75) is 24.8 Å². The molecule has 1 N–H and O–H groups in total. The number of hydrogen-bond donors (Lipinski definition) is 1. The van der Waals surface area contributed by atoms with Gasteiger partial charge < -0.3 is 10.2 Å². The van der Waals surface area contributed by atoms with Crippen molar-refractivity contribution in [1.82, 2.24) is 5.32 Å². The molecule has 2 aromatic rings. The highest BCUT2D eigenvalue weighted by Gasteiger charge is 2.43. The first-order chi connectivity index (χ1) is 11.2. The molecule has 23 heavy (non-hydrogen) atoms. The standard InChI is InChI=1S/C19H18Cl2N2/c20-13-1-2-14(17(21)9-13)12-7-11-4-6-23-18-3-5-22-10-16(18)15(8-12)19(11)23/h1-2,7-9,16,18,22H,3-6,10H2/t16-,18-/m1/s1. The van der Waals surface area contributed by atoms with Crippen LogP contribution in [0.2, 0.25) is 10.0 Å². The van der Waals surface area contributed by atoms with E-state index in [1.807, 2.05) is 18.2 Å². The summed E-state index contributed by atoms with van der Waals surface area (Å²) in [6.07, 6.45) is 2.40. The molecule has 4 heteroatoms. The molecule has 0 aromatic heterocycles. The average molecular weight is 345 g/mol. The Morgan fingerprint density at radius 1 is 1.13 bits per heavy atom. The maximum absolute atomic E-state index is 6.45. The summed E-state index contributed by atoms with van der Waals surface area (Å²) >= 11 is 12.5. The fourth-order valence-electron chi connectivity index (χ4n) is 4.64. The molecular formula is C19H18Cl2N2. The fraction of sp³-hybridized carbons (Fsp3) is 0.368. The highest BCUT2D eigenvalue weighted by Crippen LogP contribution is 2.50. The summed E-state index contributed by atoms with van der Waals surface area (Å²) in [5, 5.41) is 4.99. The van der Waals surface area contributed by atoms with Crippen LogP contribution >= 0.6 is 23.2 Å². The van der Waals surface area contributed by atoms with Crippen molar-refractivity contribution in [3.05, 3.63) is 51.5 Å². The molecule has 0 spiro atoms. The van der Waals surface area contributed by atoms with Crippen molar-refractivity contribution in [2.24, 2.45) is 0 Å². The maximum atomic E-state index is 6.45. The van der Waals surface area contributed by atoms with Crippen LogP contribution in [0.5, 0.6) is 0 Å². The first-order valence-corrected chi connectivity index (χ1v) is 9.07. The quantitative estimate of drug-likeness (QED) is 0.820. The molecule has 3 aliphatic rings. The molecule has 0 aliphatic carbocycles. The number of piperidine rings is 1. The van der Waals surface area contributed by atoms with Crippen molar-refractivity contribution < 1.29 is 0 Å². The lowest BCUT2D eigenvalue weighted by atomic mass is 9.87. The van der Waals surface area contributed by atoms with Crippen LogP contribution < -0.4 is 10.2 Å². The summed E-state index contributed by atoms with van der Waals surface area (Å²) in [5.41, 5.74) is 6.82. The van der Waals surface area contributed by atoms with Crippen molar-refractivity contribution >= 4 is 28.9 Å². The molecule has 0 bridgehead atoms. The highest BCUT2D eigenvalue weighted by atomic mass is 35.5. The predicted octanol–water partition coefficient (Wildman–Crippen LogP) is 4.48. The predicted molar refractivity (Wildman–Crippen MR) is 97.0 cm³/mol. The van der Waals surface area contributed by atoms with Gasteiger partial charge in [0.15, 0.2) is 0 Å². The first-order valence-electron chi connectivity index (χ1n) is 8.32. The summed E-state index contributed by atoms with van der Waals surface area (Å²) in [4.78, 5) is 2.66. The Morgan fingerprint density at radius 2 is 2.04 bits per heavy atom. The number of fused-ring (bicyclic) bond motifs is 3. The zero-order chi connectivity index (χ0) is 15.6. The van der Waals surface area contributed by atoms with Crippen LogP contribution in [0.1, 0.15) is 23.5 Å². The minimum absolute atomic E-state index is 0.615. The van der Waals surface area contributed by atoms with E-state index in [-0.39, 0.29) is 0 Å². The molecule has 2 nitrogen and oxygen atoms in total. The Morgan fingerprint density at radius 3 is 2.91 bits per heavy atom. The molecule has 0 amide bonds. The third-order valence-corrected chi connectivity index (χ3v) is 6.16. The Bertz CT molecular complexity index is 802. The van der Waals surface area contributed by atoms with Gasteiger partial charge in [-0.2, -0.15) is 0 Å². The number of nitrogens with zero attached hydrogens (tertiary/aromatic N) is 1. The lowest BCUT2D eigenvalue weighted by molar-refractivity contribution is 0.405. The second kappa shape index (κ2) is 5.14. The number of halogens is 2. The number of anilines is 1. The van der Waals surface area contributed by atoms with Gasteiger partial charge in [-0.15, -0.1) is 0 Å². The monoisotopic (exact) mass is 344 g/mol. The molecular weight excluding hydrogens is 327 g/mol. The van der Waals surface area contributed by atoms with Crippen LogP contribution in [-0.2, 0) is 6.42 Å². The van der Waals surface area contributed by atoms with Crippen molar-refractivity contribution in [3.63, 3.8) is 0 Å². The smallest absolute Gasteiger partial charge is 0.0499 e. The average Bonchev–Trinajstić information content (AvgIpc) is 3.11. The van der Waals surface area contributed by atoms with Gasteiger partial charge in [-0.25, -0.2) is 0 Å². The number of rotatable bonds is 1. The van der Waals surface area contributed by atoms with Crippen LogP contribution in [0.15, 0.2) is 30.3 Å². The molecule has 2 aromatic carbocycles. The topological polar surface area (TPSA) is 15.3 Å². The van der Waals surface area contributed by atoms with E-state index >= 15 is 0 Å². The summed E-state index contributed by atoms with van der Waals surface area (Å²) in [6.45, 7) is 3.39. The van der Waals surface area contributed by atoms with Crippen molar-refractivity contribution in [3.8, 4) is 11.1 Å². The van der Waals surface area contributed by atoms with E-state index in [0.29, 0.717) is 17.0 Å². The van der Waals surface area contributed by atoms with Gasteiger partial charge >= 0.3 is 0 Å². The molecule has 0 saturated carbocycles. The van der Waals surface area contributed by atoms with Gasteiger partial charge in [0.05, 0.1) is 0 Å². The summed E-state index contributed by atoms with van der Waals surface area (Å²) in [6, 6.07) is 11.2. The maximum Gasteiger partial charge on any atom is 0.0499 e. The molecule has 0 radical (unpaired) electrons. The summed E-state index contributed by atoms with van der Waals surface area (Å²) in [5.74, 6) is 0.615. The molecule has 1 saturated heterocycles. The Balaban J connectivity index is 1.67. The van der Waals surface area contributed by atoms with Crippen LogP contribution in [0.4, 0.5) is 5.69 Å². The van der Waals surface area contributed by atoms with Crippen LogP contribution in [0, 0.1) is 0 Å². The van der Waals surface area contributed by atoms with Crippen LogP contribution in [0.25, 0.3) is 11.1 Å². The van der Waals surface area contributed by atoms with E-state index < -0.39 is 0 Å². The minimum atomic E-state index is 0.615. The Kier molecular flexibility index (Phi) is 3.16. The van der Waals surface area contributed by atoms with Crippen LogP contribution in [-0.4, -0.2) is 25.7 Å². The van der Waals surface area contributed by atoms with Crippen molar-refractivity contribution in [1.29, 1.82) is 0 Å². The highest BCUT2D eigenvalue weighted by molar-refractivity contribution is 6.36. The third kappa shape index (κ3) is 2.05. The van der Waals surface area contributed by atoms with Gasteiger partial charge in [0.1, 0.15) is 0 Å². The normalized spacial score (nSPS) is 24.7. The second-order valence-corrected chi connectivity index (χ2v) is 7.65. The Hall–Kier alpha value is -1.22. The zero-order valence-corrected chi connectivity index (χ0v) is 14.3. The van der Waals surface area contributed by atoms with E-state index in [4.69, 9.17) is 23.2 Å². The SMILES string of the molecule is Clc1ccc(-c2cc3c4c(c2)[C@H]2CNCC[C@H]2N4CC3)c(Cl)c1. The molecule has 1 fully saturated rings. The minimum Gasteiger partial charge on any atom is -0.367 e. The van der Waals surface area contributed by atoms with Crippen LogP contribution in [0.3, 0.4) is 0 Å². The molecule has 5 rings (SSSR count). The number of nitrogens with one attached hydrogen (secondary N) is 1. The van der Waals surface area contributed by atoms with Gasteiger partial charge in [-0.1, -0.05) is 29.3 Å². The van der Waals surface area contributed by atoms with E-state index in [1.54, 1.807) is 0 Å². The molecule has 3 heterocycles. The number of benzene rings is 2. The zero-order valence-electron chi connectivity index (χ0n) is 12.8. The van der Waals surface area contributed by atoms with E-state index in [9.17, 15) is 0 Å². The molecule has 0 unspecified atom stereocenters. The van der Waals surface area contributed by atoms with Crippen molar-refractivity contribution in [2.75, 3.05) is 24.5 Å². The van der Waals surface area contributed by atoms with E-state index in [1.165, 1.54) is 35.3 Å². The van der Waals surface area contributed by atoms with E-state index in [2.05, 4.69) is 22.3 Å².